The quantitative estimate of drug-likeness (QED) is 0.482. The predicted octanol–water partition coefficient (Wildman–Crippen LogP) is 1.04. The molecule has 1 heterocycles. The van der Waals surface area contributed by atoms with Gasteiger partial charge < -0.3 is 17.1 Å². The van der Waals surface area contributed by atoms with E-state index in [0.717, 1.165) is 22.4 Å². The number of hydrogen-bond acceptors (Lipinski definition) is 2. The highest BCUT2D eigenvalue weighted by molar-refractivity contribution is 5.94. The maximum atomic E-state index is 12.2. The minimum Gasteiger partial charge on any atom is -1.00 e. The molecule has 4 heteroatoms. The van der Waals surface area contributed by atoms with Crippen LogP contribution in [0.25, 0.3) is 12.2 Å². The van der Waals surface area contributed by atoms with E-state index in [4.69, 9.17) is 4.74 Å². The highest BCUT2D eigenvalue weighted by Crippen LogP contribution is 2.13. The van der Waals surface area contributed by atoms with Gasteiger partial charge in [0, 0.05) is 17.7 Å². The van der Waals surface area contributed by atoms with Crippen LogP contribution in [0.2, 0.25) is 0 Å². The molecule has 0 aliphatic carbocycles. The van der Waals surface area contributed by atoms with Crippen LogP contribution in [0, 0.1) is 0 Å². The van der Waals surface area contributed by atoms with Crippen molar-refractivity contribution in [2.45, 2.75) is 6.54 Å². The lowest BCUT2D eigenvalue weighted by atomic mass is 10.1. The lowest BCUT2D eigenvalue weighted by Gasteiger charge is -2.00. The normalized spacial score (nSPS) is 10.3. The number of hydrogen-bond donors (Lipinski definition) is 0. The smallest absolute Gasteiger partial charge is 0.227 e. The van der Waals surface area contributed by atoms with Crippen molar-refractivity contribution >= 4 is 17.9 Å². The summed E-state index contributed by atoms with van der Waals surface area (Å²) >= 11 is 0. The van der Waals surface area contributed by atoms with Gasteiger partial charge in [-0.15, -0.1) is 0 Å². The summed E-state index contributed by atoms with van der Waals surface area (Å²) in [5.74, 6) is 0.952. The Morgan fingerprint density at radius 2 is 1.46 bits per heavy atom. The molecule has 2 aromatic carbocycles. The van der Waals surface area contributed by atoms with Gasteiger partial charge in [0.15, 0.2) is 12.4 Å². The zero-order valence-electron chi connectivity index (χ0n) is 14.5. The SMILES string of the molecule is COc1ccc(/C=C/c2cc[n+](CC(=O)c3ccccc3)cc2)cc1.[Cl-]. The second-order valence-corrected chi connectivity index (χ2v) is 5.70. The van der Waals surface area contributed by atoms with Crippen molar-refractivity contribution < 1.29 is 26.5 Å². The molecule has 3 aromatic rings. The maximum Gasteiger partial charge on any atom is 0.227 e. The van der Waals surface area contributed by atoms with Gasteiger partial charge in [0.1, 0.15) is 5.75 Å². The first-order valence-corrected chi connectivity index (χ1v) is 8.14. The first-order chi connectivity index (χ1) is 12.2. The first kappa shape index (κ1) is 19.4. The summed E-state index contributed by atoms with van der Waals surface area (Å²) in [5, 5.41) is 0. The number of ether oxygens (including phenoxy) is 1. The maximum absolute atomic E-state index is 12.2. The van der Waals surface area contributed by atoms with Gasteiger partial charge in [0.25, 0.3) is 0 Å². The molecule has 0 radical (unpaired) electrons. The molecule has 3 nitrogen and oxygen atoms in total. The third-order valence-corrected chi connectivity index (χ3v) is 3.92. The molecule has 3 rings (SSSR count). The molecule has 0 atom stereocenters. The minimum absolute atomic E-state index is 0. The van der Waals surface area contributed by atoms with E-state index in [0.29, 0.717) is 6.54 Å². The molecule has 0 aliphatic heterocycles. The number of rotatable bonds is 6. The molecule has 0 aliphatic rings. The molecule has 132 valence electrons. The number of pyridine rings is 1. The average Bonchev–Trinajstić information content (AvgIpc) is 2.68. The van der Waals surface area contributed by atoms with Gasteiger partial charge in [-0.2, -0.15) is 4.57 Å². The van der Waals surface area contributed by atoms with Crippen LogP contribution in [0.4, 0.5) is 0 Å². The fourth-order valence-corrected chi connectivity index (χ4v) is 2.47. The fraction of sp³-hybridized carbons (Fsp3) is 0.0909. The predicted molar refractivity (Wildman–Crippen MR) is 99.3 cm³/mol. The Balaban J connectivity index is 0.00000243. The van der Waals surface area contributed by atoms with E-state index >= 15 is 0 Å². The summed E-state index contributed by atoms with van der Waals surface area (Å²) < 4.78 is 7.04. The van der Waals surface area contributed by atoms with E-state index in [1.807, 2.05) is 95.8 Å². The number of carbonyl (C=O) groups excluding carboxylic acids is 1. The number of ketones is 1. The standard InChI is InChI=1S/C22H20NO2.ClH/c1-25-21-11-9-18(10-12-21)7-8-19-13-15-23(16-14-19)17-22(24)20-5-3-2-4-6-20;/h2-16H,17H2,1H3;1H/q+1;/p-1/b8-7+;. The molecular formula is C22H20ClNO2. The summed E-state index contributed by atoms with van der Waals surface area (Å²) in [6, 6.07) is 21.2. The molecule has 0 N–H and O–H groups in total. The Kier molecular flexibility index (Phi) is 7.12. The Hall–Kier alpha value is -2.91. The van der Waals surface area contributed by atoms with Crippen LogP contribution in [0.1, 0.15) is 21.5 Å². The Bertz CT molecular complexity index is 857. The highest BCUT2D eigenvalue weighted by Gasteiger charge is 2.10. The van der Waals surface area contributed by atoms with Gasteiger partial charge in [-0.25, -0.2) is 0 Å². The van der Waals surface area contributed by atoms with Crippen molar-refractivity contribution in [1.82, 2.24) is 0 Å². The van der Waals surface area contributed by atoms with E-state index in [-0.39, 0.29) is 18.2 Å². The van der Waals surface area contributed by atoms with Crippen LogP contribution in [0.5, 0.6) is 5.75 Å². The largest absolute Gasteiger partial charge is 1.00 e. The summed E-state index contributed by atoms with van der Waals surface area (Å²) in [7, 11) is 1.66. The van der Waals surface area contributed by atoms with Gasteiger partial charge >= 0.3 is 0 Å². The van der Waals surface area contributed by atoms with Crippen LogP contribution in [-0.4, -0.2) is 12.9 Å². The number of nitrogens with zero attached hydrogens (tertiary/aromatic N) is 1. The lowest BCUT2D eigenvalue weighted by Crippen LogP contribution is -3.00. The van der Waals surface area contributed by atoms with Crippen molar-refractivity contribution in [3.63, 3.8) is 0 Å². The van der Waals surface area contributed by atoms with E-state index < -0.39 is 0 Å². The molecule has 0 spiro atoms. The monoisotopic (exact) mass is 365 g/mol. The molecule has 0 fully saturated rings. The van der Waals surface area contributed by atoms with Crippen LogP contribution in [0.3, 0.4) is 0 Å². The van der Waals surface area contributed by atoms with Crippen LogP contribution < -0.4 is 21.7 Å². The molecule has 0 amide bonds. The van der Waals surface area contributed by atoms with Crippen molar-refractivity contribution in [1.29, 1.82) is 0 Å². The molecule has 1 aromatic heterocycles. The van der Waals surface area contributed by atoms with Crippen molar-refractivity contribution in [3.8, 4) is 5.75 Å². The minimum atomic E-state index is 0. The summed E-state index contributed by atoms with van der Waals surface area (Å²) in [6.07, 6.45) is 7.95. The van der Waals surface area contributed by atoms with Gasteiger partial charge in [0.05, 0.1) is 7.11 Å². The van der Waals surface area contributed by atoms with Crippen molar-refractivity contribution in [3.05, 3.63) is 95.8 Å². The summed E-state index contributed by atoms with van der Waals surface area (Å²) in [5.41, 5.74) is 2.93. The molecule has 0 bridgehead atoms. The number of methoxy groups -OCH3 is 1. The zero-order valence-corrected chi connectivity index (χ0v) is 15.3. The average molecular weight is 366 g/mol. The zero-order chi connectivity index (χ0) is 17.5. The number of halogens is 1. The van der Waals surface area contributed by atoms with E-state index in [1.165, 1.54) is 0 Å². The van der Waals surface area contributed by atoms with Crippen LogP contribution in [-0.2, 0) is 6.54 Å². The van der Waals surface area contributed by atoms with E-state index in [2.05, 4.69) is 0 Å². The van der Waals surface area contributed by atoms with Gasteiger partial charge in [0.2, 0.25) is 12.3 Å². The molecule has 0 unspecified atom stereocenters. The van der Waals surface area contributed by atoms with E-state index in [1.54, 1.807) is 7.11 Å². The van der Waals surface area contributed by atoms with Crippen LogP contribution >= 0.6 is 0 Å². The summed E-state index contributed by atoms with van der Waals surface area (Å²) in [6.45, 7) is 0.340. The highest BCUT2D eigenvalue weighted by atomic mass is 35.5. The van der Waals surface area contributed by atoms with Crippen LogP contribution in [0.15, 0.2) is 79.1 Å². The Morgan fingerprint density at radius 1 is 0.885 bits per heavy atom. The molecule has 0 saturated heterocycles. The van der Waals surface area contributed by atoms with Crippen molar-refractivity contribution in [2.75, 3.05) is 7.11 Å². The van der Waals surface area contributed by atoms with Crippen molar-refractivity contribution in [2.24, 2.45) is 0 Å². The second-order valence-electron chi connectivity index (χ2n) is 5.70. The number of benzene rings is 2. The number of aromatic nitrogens is 1. The topological polar surface area (TPSA) is 30.2 Å². The fourth-order valence-electron chi connectivity index (χ4n) is 2.47. The molecule has 26 heavy (non-hydrogen) atoms. The van der Waals surface area contributed by atoms with Gasteiger partial charge in [-0.3, -0.25) is 4.79 Å². The Labute approximate surface area is 160 Å². The van der Waals surface area contributed by atoms with E-state index in [9.17, 15) is 4.79 Å². The van der Waals surface area contributed by atoms with Gasteiger partial charge in [-0.1, -0.05) is 54.6 Å². The second kappa shape index (κ2) is 9.54. The molecular weight excluding hydrogens is 346 g/mol. The number of carbonyl (C=O) groups is 1. The Morgan fingerprint density at radius 3 is 2.04 bits per heavy atom. The first-order valence-electron chi connectivity index (χ1n) is 8.14. The lowest BCUT2D eigenvalue weighted by molar-refractivity contribution is -0.683. The van der Waals surface area contributed by atoms with Gasteiger partial charge in [-0.05, 0) is 23.3 Å². The summed E-state index contributed by atoms with van der Waals surface area (Å²) in [4.78, 5) is 12.2. The third-order valence-electron chi connectivity index (χ3n) is 3.92. The number of Topliss-reactive ketones (excluding diaryl/α,β-unsaturated/α-hetero) is 1. The third kappa shape index (κ3) is 5.30. The molecule has 0 saturated carbocycles.